The van der Waals surface area contributed by atoms with Gasteiger partial charge in [0.05, 0.1) is 6.61 Å². The number of ether oxygens (including phenoxy) is 1. The molecule has 0 aromatic heterocycles. The molecule has 2 rings (SSSR count). The lowest BCUT2D eigenvalue weighted by Crippen LogP contribution is -2.44. The Labute approximate surface area is 131 Å². The van der Waals surface area contributed by atoms with Crippen molar-refractivity contribution in [3.63, 3.8) is 0 Å². The zero-order valence-electron chi connectivity index (χ0n) is 14.3. The van der Waals surface area contributed by atoms with Crippen LogP contribution in [0.25, 0.3) is 0 Å². The third-order valence-corrected chi connectivity index (χ3v) is 5.12. The SMILES string of the molecule is CC(C)CCOCCN1CCCNC(C2CCCCC2)C1. The van der Waals surface area contributed by atoms with Crippen LogP contribution in [-0.4, -0.2) is 50.3 Å². The third kappa shape index (κ3) is 6.66. The average molecular weight is 296 g/mol. The fourth-order valence-electron chi connectivity index (χ4n) is 3.69. The van der Waals surface area contributed by atoms with Gasteiger partial charge in [-0.05, 0) is 50.6 Å². The molecule has 0 amide bonds. The van der Waals surface area contributed by atoms with Gasteiger partial charge < -0.3 is 10.1 Å². The third-order valence-electron chi connectivity index (χ3n) is 5.12. The van der Waals surface area contributed by atoms with Crippen LogP contribution in [0.3, 0.4) is 0 Å². The van der Waals surface area contributed by atoms with E-state index in [2.05, 4.69) is 24.1 Å². The van der Waals surface area contributed by atoms with E-state index in [0.717, 1.165) is 37.6 Å². The maximum absolute atomic E-state index is 5.81. The predicted molar refractivity (Wildman–Crippen MR) is 89.7 cm³/mol. The summed E-state index contributed by atoms with van der Waals surface area (Å²) in [4.78, 5) is 2.63. The van der Waals surface area contributed by atoms with Crippen molar-refractivity contribution < 1.29 is 4.74 Å². The number of hydrogen-bond donors (Lipinski definition) is 1. The molecular weight excluding hydrogens is 260 g/mol. The van der Waals surface area contributed by atoms with E-state index in [9.17, 15) is 0 Å². The normalized spacial score (nSPS) is 26.1. The molecule has 0 radical (unpaired) electrons. The lowest BCUT2D eigenvalue weighted by atomic mass is 9.83. The molecule has 1 N–H and O–H groups in total. The van der Waals surface area contributed by atoms with Crippen LogP contribution in [0.2, 0.25) is 0 Å². The highest BCUT2D eigenvalue weighted by molar-refractivity contribution is 4.84. The molecule has 1 heterocycles. The monoisotopic (exact) mass is 296 g/mol. The molecule has 0 bridgehead atoms. The minimum atomic E-state index is 0.725. The smallest absolute Gasteiger partial charge is 0.0593 e. The largest absolute Gasteiger partial charge is 0.380 e. The Balaban J connectivity index is 1.66. The summed E-state index contributed by atoms with van der Waals surface area (Å²) in [6, 6.07) is 0.725. The van der Waals surface area contributed by atoms with Crippen LogP contribution in [0.15, 0.2) is 0 Å². The second-order valence-electron chi connectivity index (χ2n) is 7.41. The molecule has 1 unspecified atom stereocenters. The average Bonchev–Trinajstić information content (AvgIpc) is 2.73. The van der Waals surface area contributed by atoms with E-state index in [0.29, 0.717) is 0 Å². The van der Waals surface area contributed by atoms with E-state index in [1.807, 2.05) is 0 Å². The van der Waals surface area contributed by atoms with Crippen LogP contribution < -0.4 is 5.32 Å². The summed E-state index contributed by atoms with van der Waals surface area (Å²) in [5.41, 5.74) is 0. The summed E-state index contributed by atoms with van der Waals surface area (Å²) < 4.78 is 5.81. The molecule has 1 aliphatic heterocycles. The maximum Gasteiger partial charge on any atom is 0.0593 e. The van der Waals surface area contributed by atoms with Gasteiger partial charge in [-0.3, -0.25) is 4.90 Å². The summed E-state index contributed by atoms with van der Waals surface area (Å²) >= 11 is 0. The van der Waals surface area contributed by atoms with Crippen molar-refractivity contribution in [2.75, 3.05) is 39.4 Å². The van der Waals surface area contributed by atoms with E-state index in [-0.39, 0.29) is 0 Å². The summed E-state index contributed by atoms with van der Waals surface area (Å²) in [6.07, 6.45) is 9.70. The summed E-state index contributed by atoms with van der Waals surface area (Å²) in [5, 5.41) is 3.82. The van der Waals surface area contributed by atoms with Crippen LogP contribution in [-0.2, 0) is 4.74 Å². The van der Waals surface area contributed by atoms with Gasteiger partial charge in [-0.25, -0.2) is 0 Å². The van der Waals surface area contributed by atoms with Crippen LogP contribution >= 0.6 is 0 Å². The molecule has 124 valence electrons. The van der Waals surface area contributed by atoms with Crippen molar-refractivity contribution in [3.05, 3.63) is 0 Å². The van der Waals surface area contributed by atoms with Gasteiger partial charge in [0.15, 0.2) is 0 Å². The van der Waals surface area contributed by atoms with E-state index in [4.69, 9.17) is 4.74 Å². The summed E-state index contributed by atoms with van der Waals surface area (Å²) in [5.74, 6) is 1.67. The maximum atomic E-state index is 5.81. The first-order valence-electron chi connectivity index (χ1n) is 9.29. The second-order valence-corrected chi connectivity index (χ2v) is 7.41. The predicted octanol–water partition coefficient (Wildman–Crippen LogP) is 3.29. The molecule has 3 nitrogen and oxygen atoms in total. The molecule has 3 heteroatoms. The Morgan fingerprint density at radius 3 is 2.67 bits per heavy atom. The quantitative estimate of drug-likeness (QED) is 0.730. The minimum absolute atomic E-state index is 0.725. The van der Waals surface area contributed by atoms with Crippen molar-refractivity contribution in [2.45, 2.75) is 64.8 Å². The van der Waals surface area contributed by atoms with E-state index < -0.39 is 0 Å². The molecule has 0 spiro atoms. The highest BCUT2D eigenvalue weighted by Gasteiger charge is 2.26. The first-order valence-corrected chi connectivity index (χ1v) is 9.29. The van der Waals surface area contributed by atoms with Crippen molar-refractivity contribution in [1.82, 2.24) is 10.2 Å². The van der Waals surface area contributed by atoms with Gasteiger partial charge in [-0.2, -0.15) is 0 Å². The molecule has 1 saturated carbocycles. The molecule has 2 fully saturated rings. The molecular formula is C18H36N2O. The highest BCUT2D eigenvalue weighted by Crippen LogP contribution is 2.27. The van der Waals surface area contributed by atoms with E-state index in [1.165, 1.54) is 64.6 Å². The van der Waals surface area contributed by atoms with Gasteiger partial charge in [-0.1, -0.05) is 33.1 Å². The second kappa shape index (κ2) is 9.81. The number of nitrogens with one attached hydrogen (secondary N) is 1. The summed E-state index contributed by atoms with van der Waals surface area (Å²) in [7, 11) is 0. The molecule has 1 saturated heterocycles. The van der Waals surface area contributed by atoms with Gasteiger partial charge in [0.1, 0.15) is 0 Å². The van der Waals surface area contributed by atoms with Gasteiger partial charge in [-0.15, -0.1) is 0 Å². The Morgan fingerprint density at radius 2 is 1.90 bits per heavy atom. The Kier molecular flexibility index (Phi) is 8.05. The van der Waals surface area contributed by atoms with E-state index >= 15 is 0 Å². The Bertz CT molecular complexity index is 264. The van der Waals surface area contributed by atoms with Gasteiger partial charge in [0, 0.05) is 25.7 Å². The van der Waals surface area contributed by atoms with Gasteiger partial charge >= 0.3 is 0 Å². The first-order chi connectivity index (χ1) is 10.3. The Morgan fingerprint density at radius 1 is 1.10 bits per heavy atom. The minimum Gasteiger partial charge on any atom is -0.380 e. The number of rotatable bonds is 7. The fourth-order valence-corrected chi connectivity index (χ4v) is 3.69. The molecule has 1 atom stereocenters. The lowest BCUT2D eigenvalue weighted by molar-refractivity contribution is 0.0918. The van der Waals surface area contributed by atoms with E-state index in [1.54, 1.807) is 0 Å². The van der Waals surface area contributed by atoms with Gasteiger partial charge in [0.2, 0.25) is 0 Å². The molecule has 21 heavy (non-hydrogen) atoms. The molecule has 1 aliphatic carbocycles. The van der Waals surface area contributed by atoms with Crippen LogP contribution in [0.1, 0.15) is 58.8 Å². The fraction of sp³-hybridized carbons (Fsp3) is 1.00. The van der Waals surface area contributed by atoms with Crippen molar-refractivity contribution in [2.24, 2.45) is 11.8 Å². The van der Waals surface area contributed by atoms with Crippen molar-refractivity contribution in [1.29, 1.82) is 0 Å². The van der Waals surface area contributed by atoms with Crippen LogP contribution in [0, 0.1) is 11.8 Å². The molecule has 2 aliphatic rings. The molecule has 0 aromatic rings. The highest BCUT2D eigenvalue weighted by atomic mass is 16.5. The standard InChI is InChI=1S/C18H36N2O/c1-16(2)9-13-21-14-12-20-11-6-10-19-18(15-20)17-7-4-3-5-8-17/h16-19H,3-15H2,1-2H3. The van der Waals surface area contributed by atoms with Crippen molar-refractivity contribution in [3.8, 4) is 0 Å². The summed E-state index contributed by atoms with van der Waals surface area (Å²) in [6.45, 7) is 11.1. The van der Waals surface area contributed by atoms with Crippen molar-refractivity contribution >= 4 is 0 Å². The van der Waals surface area contributed by atoms with Gasteiger partial charge in [0.25, 0.3) is 0 Å². The zero-order chi connectivity index (χ0) is 14.9. The first kappa shape index (κ1) is 17.2. The lowest BCUT2D eigenvalue weighted by Gasteiger charge is -2.32. The number of hydrogen-bond acceptors (Lipinski definition) is 3. The molecule has 0 aromatic carbocycles. The zero-order valence-corrected chi connectivity index (χ0v) is 14.3. The topological polar surface area (TPSA) is 24.5 Å². The Hall–Kier alpha value is -0.120. The van der Waals surface area contributed by atoms with Crippen LogP contribution in [0.4, 0.5) is 0 Å². The number of nitrogens with zero attached hydrogens (tertiary/aromatic N) is 1. The van der Waals surface area contributed by atoms with Crippen LogP contribution in [0.5, 0.6) is 0 Å².